The Morgan fingerprint density at radius 2 is 0.977 bits per heavy atom. The van der Waals surface area contributed by atoms with Gasteiger partial charge in [-0.25, -0.2) is 25.3 Å². The summed E-state index contributed by atoms with van der Waals surface area (Å²) in [6.45, 7) is 0. The maximum absolute atomic E-state index is 11.8. The predicted octanol–water partition coefficient (Wildman–Crippen LogP) is -6.58. The molecule has 3 aromatic carbocycles. The fourth-order valence-corrected chi connectivity index (χ4v) is 4.66. The molecular weight excluding hydrogens is 665 g/mol. The van der Waals surface area contributed by atoms with E-state index in [9.17, 15) is 38.9 Å². The number of nitrogen functional groups attached to an aromatic ring is 2. The Kier molecular flexibility index (Phi) is 15.9. The first-order valence-electron chi connectivity index (χ1n) is 10.3. The summed E-state index contributed by atoms with van der Waals surface area (Å²) in [6, 6.07) is 6.45. The molecule has 0 spiro atoms. The molecule has 0 aromatic heterocycles. The molecule has 0 heterocycles. The molecule has 0 unspecified atom stereocenters. The van der Waals surface area contributed by atoms with Crippen LogP contribution in [0.25, 0.3) is 0 Å². The van der Waals surface area contributed by atoms with Crippen LogP contribution in [-0.2, 0) is 30.4 Å². The van der Waals surface area contributed by atoms with E-state index < -0.39 is 67.8 Å². The van der Waals surface area contributed by atoms with Crippen LogP contribution in [0.15, 0.2) is 77.6 Å². The van der Waals surface area contributed by atoms with Gasteiger partial charge >= 0.3 is 88.7 Å². The van der Waals surface area contributed by atoms with Crippen LogP contribution in [0.4, 0.5) is 34.1 Å². The Bertz CT molecular complexity index is 1890. The molecule has 214 valence electrons. The number of anilines is 2. The fourth-order valence-electron chi connectivity index (χ4n) is 3.06. The molecule has 0 aliphatic heterocycles. The van der Waals surface area contributed by atoms with E-state index in [1.165, 1.54) is 0 Å². The molecule has 4 N–H and O–H groups in total. The number of nitrogens with two attached hydrogens (primary N) is 2. The van der Waals surface area contributed by atoms with Crippen molar-refractivity contribution in [3.63, 3.8) is 0 Å². The van der Waals surface area contributed by atoms with E-state index in [4.69, 9.17) is 20.9 Å². The van der Waals surface area contributed by atoms with Crippen molar-refractivity contribution >= 4 is 64.5 Å². The third kappa shape index (κ3) is 10.4. The van der Waals surface area contributed by atoms with Crippen LogP contribution in [-0.4, -0.2) is 53.1 Å². The van der Waals surface area contributed by atoms with Crippen molar-refractivity contribution in [3.8, 4) is 11.5 Å². The van der Waals surface area contributed by atoms with Gasteiger partial charge in [0, 0.05) is 0 Å². The second-order valence-electron chi connectivity index (χ2n) is 7.50. The number of azo groups is 2. The van der Waals surface area contributed by atoms with Crippen LogP contribution in [0.3, 0.4) is 0 Å². The van der Waals surface area contributed by atoms with Crippen molar-refractivity contribution in [1.29, 1.82) is 0 Å². The Morgan fingerprint density at radius 1 is 0.581 bits per heavy atom. The third-order valence-electron chi connectivity index (χ3n) is 4.99. The van der Waals surface area contributed by atoms with E-state index in [2.05, 4.69) is 20.5 Å². The van der Waals surface area contributed by atoms with Crippen molar-refractivity contribution in [2.24, 2.45) is 20.5 Å². The summed E-state index contributed by atoms with van der Waals surface area (Å²) in [7, 11) is -12.6. The third-order valence-corrected chi connectivity index (χ3v) is 7.53. The van der Waals surface area contributed by atoms with Gasteiger partial charge in [-0.3, -0.25) is 0 Å². The zero-order chi connectivity index (χ0) is 30.0. The van der Waals surface area contributed by atoms with Gasteiger partial charge in [0.25, 0.3) is 0 Å². The van der Waals surface area contributed by atoms with Crippen LogP contribution in [0.2, 0.25) is 0 Å². The number of rotatable bonds is 9. The summed E-state index contributed by atoms with van der Waals surface area (Å²) in [6.07, 6.45) is 0. The molecule has 43 heavy (non-hydrogen) atoms. The van der Waals surface area contributed by atoms with Gasteiger partial charge in [0.15, 0.2) is 0 Å². The number of nitrogens with zero attached hydrogens (tertiary/aromatic N) is 4. The molecule has 0 fully saturated rings. The van der Waals surface area contributed by atoms with E-state index in [1.54, 1.807) is 0 Å². The molecule has 17 nitrogen and oxygen atoms in total. The average Bonchev–Trinajstić information content (AvgIpc) is 2.86. The molecule has 0 aliphatic rings. The number of benzene rings is 3. The Hall–Kier alpha value is -1.21. The van der Waals surface area contributed by atoms with E-state index in [0.717, 1.165) is 50.6 Å². The fraction of sp³-hybridized carbons (Fsp3) is 0.100. The number of methoxy groups -OCH3 is 2. The first-order valence-corrected chi connectivity index (χ1v) is 14.5. The molecule has 0 bridgehead atoms. The quantitative estimate of drug-likeness (QED) is 0.0919. The summed E-state index contributed by atoms with van der Waals surface area (Å²) in [5.74, 6) is -0.400. The first kappa shape index (κ1) is 41.8. The molecule has 3 aromatic rings. The van der Waals surface area contributed by atoms with Gasteiger partial charge in [-0.1, -0.05) is 0 Å². The van der Waals surface area contributed by atoms with Crippen molar-refractivity contribution in [2.45, 2.75) is 14.7 Å². The van der Waals surface area contributed by atoms with Crippen LogP contribution < -0.4 is 110 Å². The number of hydrogen-bond donors (Lipinski definition) is 2. The van der Waals surface area contributed by atoms with E-state index in [0.29, 0.717) is 6.07 Å². The van der Waals surface area contributed by atoms with E-state index in [-0.39, 0.29) is 112 Å². The standard InChI is InChI=1S/C20H20N6O11S3.3Na/c1-36-15-7-10(38(27,28)29)3-5-12(15)23-25-14-9-17(40(33,34)35)19(22)20(18(14)21)26-24-13-6-4-11(39(30,31)32)8-16(13)37-2;;;/h3-9H,21-22H2,1-2H3,(H,27,28,29)(H,30,31,32)(H,33,34,35);;;/q;3*+1/p-3. The van der Waals surface area contributed by atoms with Crippen molar-refractivity contribution in [2.75, 3.05) is 25.7 Å². The SMILES string of the molecule is COc1cc(S(=O)(=O)[O-])ccc1N=Nc1cc(S(=O)(=O)[O-])c(N)c(N=Nc2ccc(S(=O)(=O)[O-])cc2OC)c1N.[Na+].[Na+].[Na+]. The minimum Gasteiger partial charge on any atom is -0.744 e. The molecular formula is C20H17N6Na3O11S3. The maximum Gasteiger partial charge on any atom is 1.00 e. The van der Waals surface area contributed by atoms with Crippen LogP contribution in [0.5, 0.6) is 11.5 Å². The van der Waals surface area contributed by atoms with Gasteiger partial charge in [-0.15, -0.1) is 20.5 Å². The summed E-state index contributed by atoms with van der Waals surface area (Å²) < 4.78 is 113. The summed E-state index contributed by atoms with van der Waals surface area (Å²) in [4.78, 5) is -2.22. The molecule has 0 aliphatic carbocycles. The molecule has 0 amide bonds. The van der Waals surface area contributed by atoms with Gasteiger partial charge in [-0.2, -0.15) is 0 Å². The summed E-state index contributed by atoms with van der Waals surface area (Å²) in [5.41, 5.74) is 9.54. The largest absolute Gasteiger partial charge is 1.00 e. The maximum atomic E-state index is 11.8. The zero-order valence-corrected chi connectivity index (χ0v) is 31.6. The smallest absolute Gasteiger partial charge is 0.744 e. The van der Waals surface area contributed by atoms with Crippen molar-refractivity contribution < 1.29 is 137 Å². The van der Waals surface area contributed by atoms with Crippen LogP contribution in [0.1, 0.15) is 0 Å². The Balaban J connectivity index is 0.00000588. The van der Waals surface area contributed by atoms with Gasteiger partial charge in [0.05, 0.1) is 40.3 Å². The zero-order valence-electron chi connectivity index (χ0n) is 23.2. The van der Waals surface area contributed by atoms with Crippen LogP contribution in [0, 0.1) is 0 Å². The Morgan fingerprint density at radius 3 is 1.35 bits per heavy atom. The normalized spacial score (nSPS) is 11.8. The molecule has 0 radical (unpaired) electrons. The van der Waals surface area contributed by atoms with E-state index in [1.807, 2.05) is 0 Å². The monoisotopic (exact) mass is 682 g/mol. The van der Waals surface area contributed by atoms with Gasteiger partial charge in [0.1, 0.15) is 64.6 Å². The van der Waals surface area contributed by atoms with Crippen LogP contribution >= 0.6 is 0 Å². The van der Waals surface area contributed by atoms with Gasteiger partial charge < -0.3 is 34.6 Å². The number of hydrogen-bond acceptors (Lipinski definition) is 17. The second kappa shape index (κ2) is 16.4. The average molecular weight is 683 g/mol. The topological polar surface area (TPSA) is 292 Å². The van der Waals surface area contributed by atoms with Gasteiger partial charge in [0.2, 0.25) is 0 Å². The number of ether oxygens (including phenoxy) is 2. The second-order valence-corrected chi connectivity index (χ2v) is 11.6. The van der Waals surface area contributed by atoms with E-state index >= 15 is 0 Å². The molecule has 0 saturated heterocycles. The van der Waals surface area contributed by atoms with Crippen molar-refractivity contribution in [3.05, 3.63) is 42.5 Å². The minimum atomic E-state index is -5.22. The summed E-state index contributed by atoms with van der Waals surface area (Å²) in [5, 5.41) is 15.2. The molecule has 3 rings (SSSR count). The molecule has 0 saturated carbocycles. The minimum absolute atomic E-state index is 0. The molecule has 23 heteroatoms. The first-order chi connectivity index (χ1) is 18.5. The van der Waals surface area contributed by atoms with Crippen molar-refractivity contribution in [1.82, 2.24) is 0 Å². The Labute approximate surface area is 312 Å². The summed E-state index contributed by atoms with van der Waals surface area (Å²) >= 11 is 0. The molecule has 0 atom stereocenters. The predicted molar refractivity (Wildman–Crippen MR) is 133 cm³/mol. The van der Waals surface area contributed by atoms with Gasteiger partial charge in [-0.05, 0) is 42.5 Å².